The first-order valence-corrected chi connectivity index (χ1v) is 8.22. The third-order valence-corrected chi connectivity index (χ3v) is 4.60. The van der Waals surface area contributed by atoms with E-state index in [1.54, 1.807) is 34.9 Å². The van der Waals surface area contributed by atoms with Gasteiger partial charge in [0.25, 0.3) is 5.91 Å². The van der Waals surface area contributed by atoms with Crippen molar-refractivity contribution < 1.29 is 19.1 Å². The van der Waals surface area contributed by atoms with Crippen molar-refractivity contribution >= 4 is 17.5 Å². The summed E-state index contributed by atoms with van der Waals surface area (Å²) < 4.78 is 10.7. The lowest BCUT2D eigenvalue weighted by Gasteiger charge is -2.39. The summed E-state index contributed by atoms with van der Waals surface area (Å²) in [5.41, 5.74) is 1.35. The van der Waals surface area contributed by atoms with Crippen LogP contribution < -0.4 is 14.4 Å². The lowest BCUT2D eigenvalue weighted by molar-refractivity contribution is -0.124. The first-order chi connectivity index (χ1) is 12.1. The predicted molar refractivity (Wildman–Crippen MR) is 91.9 cm³/mol. The number of piperazine rings is 1. The van der Waals surface area contributed by atoms with Gasteiger partial charge in [-0.05, 0) is 31.2 Å². The molecule has 2 aliphatic rings. The quantitative estimate of drug-likeness (QED) is 0.843. The van der Waals surface area contributed by atoms with Crippen LogP contribution in [0.1, 0.15) is 17.3 Å². The number of hydrogen-bond donors (Lipinski definition) is 0. The largest absolute Gasteiger partial charge is 0.454 e. The van der Waals surface area contributed by atoms with Crippen molar-refractivity contribution in [2.75, 3.05) is 24.8 Å². The molecule has 0 unspecified atom stereocenters. The summed E-state index contributed by atoms with van der Waals surface area (Å²) in [5.74, 6) is 1.10. The fourth-order valence-corrected chi connectivity index (χ4v) is 3.20. The number of ether oxygens (including phenoxy) is 2. The molecule has 0 radical (unpaired) electrons. The molecule has 0 aromatic heterocycles. The van der Waals surface area contributed by atoms with Crippen molar-refractivity contribution in [3.8, 4) is 11.5 Å². The fraction of sp³-hybridized carbons (Fsp3) is 0.263. The lowest BCUT2D eigenvalue weighted by atomic mass is 10.1. The Labute approximate surface area is 145 Å². The molecule has 2 heterocycles. The average Bonchev–Trinajstić information content (AvgIpc) is 3.12. The molecule has 0 N–H and O–H groups in total. The normalized spacial score (nSPS) is 19.2. The van der Waals surface area contributed by atoms with E-state index in [1.165, 1.54) is 0 Å². The minimum Gasteiger partial charge on any atom is -0.454 e. The molecular formula is C19H18N2O4. The third kappa shape index (κ3) is 2.69. The van der Waals surface area contributed by atoms with Crippen LogP contribution in [-0.2, 0) is 4.79 Å². The molecule has 1 saturated heterocycles. The molecule has 1 fully saturated rings. The van der Waals surface area contributed by atoms with Crippen LogP contribution in [0.15, 0.2) is 48.5 Å². The van der Waals surface area contributed by atoms with Gasteiger partial charge in [-0.1, -0.05) is 18.2 Å². The Bertz CT molecular complexity index is 821. The third-order valence-electron chi connectivity index (χ3n) is 4.60. The van der Waals surface area contributed by atoms with Gasteiger partial charge in [-0.25, -0.2) is 0 Å². The van der Waals surface area contributed by atoms with E-state index in [9.17, 15) is 9.59 Å². The zero-order valence-corrected chi connectivity index (χ0v) is 13.8. The second kappa shape index (κ2) is 6.12. The van der Waals surface area contributed by atoms with Gasteiger partial charge in [-0.15, -0.1) is 0 Å². The fourth-order valence-electron chi connectivity index (χ4n) is 3.20. The van der Waals surface area contributed by atoms with E-state index < -0.39 is 6.04 Å². The average molecular weight is 338 g/mol. The molecule has 0 bridgehead atoms. The van der Waals surface area contributed by atoms with Gasteiger partial charge in [0.1, 0.15) is 6.04 Å². The lowest BCUT2D eigenvalue weighted by Crippen LogP contribution is -2.57. The highest BCUT2D eigenvalue weighted by Crippen LogP contribution is 2.36. The number of benzene rings is 2. The molecule has 0 saturated carbocycles. The molecule has 128 valence electrons. The molecule has 25 heavy (non-hydrogen) atoms. The van der Waals surface area contributed by atoms with Gasteiger partial charge in [0.05, 0.1) is 0 Å². The highest BCUT2D eigenvalue weighted by atomic mass is 16.7. The molecule has 6 heteroatoms. The van der Waals surface area contributed by atoms with Crippen molar-refractivity contribution in [2.24, 2.45) is 0 Å². The minimum absolute atomic E-state index is 0.102. The van der Waals surface area contributed by atoms with Crippen molar-refractivity contribution in [3.05, 3.63) is 54.1 Å². The number of rotatable bonds is 2. The van der Waals surface area contributed by atoms with Crippen LogP contribution in [-0.4, -0.2) is 42.6 Å². The zero-order valence-electron chi connectivity index (χ0n) is 13.8. The summed E-state index contributed by atoms with van der Waals surface area (Å²) in [6.07, 6.45) is 0. The number of nitrogens with zero attached hydrogens (tertiary/aromatic N) is 2. The number of carbonyl (C=O) groups is 2. The van der Waals surface area contributed by atoms with Crippen molar-refractivity contribution in [2.45, 2.75) is 13.0 Å². The second-order valence-electron chi connectivity index (χ2n) is 6.07. The summed E-state index contributed by atoms with van der Waals surface area (Å²) in [4.78, 5) is 28.8. The van der Waals surface area contributed by atoms with Crippen LogP contribution in [0.5, 0.6) is 11.5 Å². The summed E-state index contributed by atoms with van der Waals surface area (Å²) in [7, 11) is 0. The van der Waals surface area contributed by atoms with Gasteiger partial charge in [-0.2, -0.15) is 0 Å². The second-order valence-corrected chi connectivity index (χ2v) is 6.07. The molecule has 0 aliphatic carbocycles. The summed E-state index contributed by atoms with van der Waals surface area (Å²) in [6.45, 7) is 2.89. The Morgan fingerprint density at radius 1 is 1.04 bits per heavy atom. The van der Waals surface area contributed by atoms with Crippen LogP contribution >= 0.6 is 0 Å². The predicted octanol–water partition coefficient (Wildman–Crippen LogP) is 2.29. The monoisotopic (exact) mass is 338 g/mol. The number of amides is 2. The van der Waals surface area contributed by atoms with E-state index >= 15 is 0 Å². The maximum Gasteiger partial charge on any atom is 0.254 e. The van der Waals surface area contributed by atoms with Gasteiger partial charge < -0.3 is 19.3 Å². The Hall–Kier alpha value is -3.02. The van der Waals surface area contributed by atoms with Crippen LogP contribution in [0.3, 0.4) is 0 Å². The molecule has 2 aromatic rings. The van der Waals surface area contributed by atoms with Crippen LogP contribution in [0.2, 0.25) is 0 Å². The highest BCUT2D eigenvalue weighted by Gasteiger charge is 2.35. The first kappa shape index (κ1) is 15.5. The molecule has 2 aromatic carbocycles. The highest BCUT2D eigenvalue weighted by molar-refractivity contribution is 6.03. The van der Waals surface area contributed by atoms with E-state index in [2.05, 4.69) is 0 Å². The van der Waals surface area contributed by atoms with Crippen LogP contribution in [0, 0.1) is 0 Å². The SMILES string of the molecule is C[C@H]1C(=O)N(c2ccc3c(c2)OCO3)CCN1C(=O)c1ccccc1. The number of hydrogen-bond acceptors (Lipinski definition) is 4. The van der Waals surface area contributed by atoms with Gasteiger partial charge in [0, 0.05) is 30.4 Å². The molecule has 6 nitrogen and oxygen atoms in total. The molecular weight excluding hydrogens is 320 g/mol. The summed E-state index contributed by atoms with van der Waals surface area (Å²) in [6, 6.07) is 14.0. The van der Waals surface area contributed by atoms with E-state index in [-0.39, 0.29) is 18.6 Å². The first-order valence-electron chi connectivity index (χ1n) is 8.22. The number of fused-ring (bicyclic) bond motifs is 1. The summed E-state index contributed by atoms with van der Waals surface area (Å²) >= 11 is 0. The molecule has 2 aliphatic heterocycles. The van der Waals surface area contributed by atoms with Gasteiger partial charge >= 0.3 is 0 Å². The van der Waals surface area contributed by atoms with Gasteiger partial charge in [-0.3, -0.25) is 9.59 Å². The molecule has 1 atom stereocenters. The number of carbonyl (C=O) groups excluding carboxylic acids is 2. The smallest absolute Gasteiger partial charge is 0.254 e. The van der Waals surface area contributed by atoms with E-state index in [4.69, 9.17) is 9.47 Å². The van der Waals surface area contributed by atoms with Crippen molar-refractivity contribution in [1.29, 1.82) is 0 Å². The van der Waals surface area contributed by atoms with Crippen molar-refractivity contribution in [3.63, 3.8) is 0 Å². The summed E-state index contributed by atoms with van der Waals surface area (Å²) in [5, 5.41) is 0. The number of anilines is 1. The molecule has 4 rings (SSSR count). The van der Waals surface area contributed by atoms with E-state index in [0.29, 0.717) is 30.2 Å². The molecule has 2 amide bonds. The van der Waals surface area contributed by atoms with Crippen LogP contribution in [0.25, 0.3) is 0 Å². The minimum atomic E-state index is -0.521. The van der Waals surface area contributed by atoms with Crippen LogP contribution in [0.4, 0.5) is 5.69 Å². The standard InChI is InChI=1S/C19H18N2O4/c1-13-18(22)21(15-7-8-16-17(11-15)25-12-24-16)10-9-20(13)19(23)14-5-3-2-4-6-14/h2-8,11,13H,9-10,12H2,1H3/t13-/m0/s1. The Morgan fingerprint density at radius 2 is 1.80 bits per heavy atom. The van der Waals surface area contributed by atoms with E-state index in [0.717, 1.165) is 5.69 Å². The maximum absolute atomic E-state index is 12.8. The Balaban J connectivity index is 1.54. The van der Waals surface area contributed by atoms with Gasteiger partial charge in [0.2, 0.25) is 12.7 Å². The zero-order chi connectivity index (χ0) is 17.4. The molecule has 0 spiro atoms. The van der Waals surface area contributed by atoms with E-state index in [1.807, 2.05) is 30.3 Å². The topological polar surface area (TPSA) is 59.1 Å². The van der Waals surface area contributed by atoms with Gasteiger partial charge in [0.15, 0.2) is 11.5 Å². The Kier molecular flexibility index (Phi) is 3.80. The Morgan fingerprint density at radius 3 is 2.60 bits per heavy atom. The van der Waals surface area contributed by atoms with Crippen molar-refractivity contribution in [1.82, 2.24) is 4.90 Å². The maximum atomic E-state index is 12.8.